The lowest BCUT2D eigenvalue weighted by Gasteiger charge is -2.37. The molecular formula is C32H30F3N2O5PS. The number of amidine groups is 1. The van der Waals surface area contributed by atoms with Crippen molar-refractivity contribution >= 4 is 24.9 Å². The molecule has 4 aromatic rings. The summed E-state index contributed by atoms with van der Waals surface area (Å²) < 4.78 is 74.2. The zero-order chi connectivity index (χ0) is 31.0. The first kappa shape index (κ1) is 31.4. The highest BCUT2D eigenvalue weighted by Crippen LogP contribution is 2.51. The maximum absolute atomic E-state index is 14.5. The lowest BCUT2D eigenvalue weighted by Crippen LogP contribution is -2.37. The van der Waals surface area contributed by atoms with Gasteiger partial charge in [-0.15, -0.1) is 29.3 Å². The number of rotatable bonds is 12. The molecule has 0 radical (unpaired) electrons. The number of alkyl halides is 3. The normalized spacial score (nSPS) is 16.5. The van der Waals surface area contributed by atoms with Crippen LogP contribution in [0.4, 0.5) is 13.2 Å². The zero-order valence-electron chi connectivity index (χ0n) is 23.5. The van der Waals surface area contributed by atoms with Crippen molar-refractivity contribution in [1.29, 1.82) is 0 Å². The Morgan fingerprint density at radius 3 is 2.16 bits per heavy atom. The molecule has 5 rings (SSSR count). The number of benzene rings is 3. The quantitative estimate of drug-likeness (QED) is 0.123. The molecule has 0 saturated heterocycles. The molecule has 44 heavy (non-hydrogen) atoms. The average Bonchev–Trinajstić information content (AvgIpc) is 3.52. The third kappa shape index (κ3) is 8.75. The van der Waals surface area contributed by atoms with E-state index in [1.54, 1.807) is 66.7 Å². The van der Waals surface area contributed by atoms with E-state index < -0.39 is 14.1 Å². The highest BCUT2D eigenvalue weighted by atomic mass is 32.1. The van der Waals surface area contributed by atoms with E-state index in [-0.39, 0.29) is 31.4 Å². The van der Waals surface area contributed by atoms with Crippen molar-refractivity contribution < 1.29 is 36.6 Å². The van der Waals surface area contributed by atoms with Crippen molar-refractivity contribution in [3.8, 4) is 17.2 Å². The molecule has 0 saturated carbocycles. The van der Waals surface area contributed by atoms with Gasteiger partial charge in [-0.1, -0.05) is 66.2 Å². The van der Waals surface area contributed by atoms with Gasteiger partial charge < -0.3 is 23.8 Å². The minimum Gasteiger partial charge on any atom is -0.406 e. The monoisotopic (exact) mass is 642 g/mol. The van der Waals surface area contributed by atoms with E-state index in [4.69, 9.17) is 9.05 Å². The molecule has 7 nitrogen and oxygen atoms in total. The number of hydrogen-bond acceptors (Lipinski definition) is 6. The maximum atomic E-state index is 14.5. The van der Waals surface area contributed by atoms with Crippen LogP contribution in [0.5, 0.6) is 17.2 Å². The van der Waals surface area contributed by atoms with Crippen LogP contribution in [-0.2, 0) is 11.1 Å². The number of hydrogen-bond donors (Lipinski definition) is 1. The summed E-state index contributed by atoms with van der Waals surface area (Å²) in [5.74, 6) is 0.613. The van der Waals surface area contributed by atoms with Crippen LogP contribution in [0.3, 0.4) is 0 Å². The summed E-state index contributed by atoms with van der Waals surface area (Å²) >= 11 is 1.51. The van der Waals surface area contributed by atoms with Crippen LogP contribution in [0.25, 0.3) is 0 Å². The summed E-state index contributed by atoms with van der Waals surface area (Å²) in [5.41, 5.74) is 1.49. The third-order valence-corrected chi connectivity index (χ3v) is 8.89. The van der Waals surface area contributed by atoms with Gasteiger partial charge in [0.05, 0.1) is 6.04 Å². The van der Waals surface area contributed by atoms with Gasteiger partial charge in [0.25, 0.3) is 0 Å². The molecule has 1 aromatic heterocycles. The van der Waals surface area contributed by atoms with Crippen molar-refractivity contribution in [2.75, 3.05) is 6.61 Å². The van der Waals surface area contributed by atoms with Crippen LogP contribution in [0.15, 0.2) is 119 Å². The molecule has 1 N–H and O–H groups in total. The van der Waals surface area contributed by atoms with Gasteiger partial charge in [0, 0.05) is 24.4 Å². The van der Waals surface area contributed by atoms with Crippen molar-refractivity contribution in [2.45, 2.75) is 38.2 Å². The van der Waals surface area contributed by atoms with Crippen molar-refractivity contribution in [2.24, 2.45) is 4.76 Å². The zero-order valence-corrected chi connectivity index (χ0v) is 25.2. The number of thiophene rings is 1. The molecule has 0 bridgehead atoms. The largest absolute Gasteiger partial charge is 0.573 e. The van der Waals surface area contributed by atoms with Gasteiger partial charge in [0.1, 0.15) is 23.1 Å². The highest BCUT2D eigenvalue weighted by molar-refractivity contribution is 7.53. The summed E-state index contributed by atoms with van der Waals surface area (Å²) in [6.07, 6.45) is -1.41. The number of para-hydroxylation sites is 2. The molecule has 12 heteroatoms. The Hall–Kier alpha value is -4.05. The van der Waals surface area contributed by atoms with E-state index in [1.807, 2.05) is 22.4 Å². The predicted octanol–water partition coefficient (Wildman–Crippen LogP) is 8.96. The Balaban J connectivity index is 1.60. The topological polar surface area (TPSA) is 80.6 Å². The molecule has 2 heterocycles. The number of nitrogens with zero attached hydrogens (tertiary/aromatic N) is 2. The molecule has 3 aromatic carbocycles. The number of aliphatic hydroxyl groups is 1. The van der Waals surface area contributed by atoms with Crippen molar-refractivity contribution in [1.82, 2.24) is 4.90 Å². The summed E-state index contributed by atoms with van der Waals surface area (Å²) in [6, 6.07) is 26.3. The molecule has 230 valence electrons. The van der Waals surface area contributed by atoms with E-state index in [9.17, 15) is 22.8 Å². The molecule has 0 spiro atoms. The molecule has 1 aliphatic heterocycles. The van der Waals surface area contributed by atoms with Gasteiger partial charge in [-0.3, -0.25) is 0 Å². The molecule has 1 unspecified atom stereocenters. The van der Waals surface area contributed by atoms with Crippen LogP contribution in [0, 0.1) is 0 Å². The lowest BCUT2D eigenvalue weighted by atomic mass is 9.96. The molecule has 0 amide bonds. The Kier molecular flexibility index (Phi) is 10.1. The van der Waals surface area contributed by atoms with Gasteiger partial charge in [0.15, 0.2) is 0 Å². The molecular weight excluding hydrogens is 612 g/mol. The summed E-state index contributed by atoms with van der Waals surface area (Å²) in [4.78, 5) is 2.83. The fraction of sp³-hybridized carbons (Fsp3) is 0.219. The van der Waals surface area contributed by atoms with E-state index in [0.29, 0.717) is 35.7 Å². The Bertz CT molecular complexity index is 1570. The first-order chi connectivity index (χ1) is 21.2. The predicted molar refractivity (Wildman–Crippen MR) is 164 cm³/mol. The fourth-order valence-corrected chi connectivity index (χ4v) is 6.93. The number of aliphatic hydroxyl groups excluding tert-OH is 1. The van der Waals surface area contributed by atoms with Crippen molar-refractivity contribution in [3.05, 3.63) is 125 Å². The molecule has 1 atom stereocenters. The first-order valence-corrected chi connectivity index (χ1v) is 16.2. The second-order valence-corrected chi connectivity index (χ2v) is 12.4. The van der Waals surface area contributed by atoms with E-state index in [2.05, 4.69) is 15.6 Å². The van der Waals surface area contributed by atoms with Crippen LogP contribution in [-0.4, -0.2) is 28.8 Å². The minimum atomic E-state index is -4.84. The van der Waals surface area contributed by atoms with Crippen LogP contribution in [0.1, 0.15) is 35.7 Å². The van der Waals surface area contributed by atoms with Gasteiger partial charge in [-0.25, -0.2) is 4.57 Å². The molecule has 0 aliphatic carbocycles. The summed E-state index contributed by atoms with van der Waals surface area (Å²) in [7, 11) is -4.27. The fourth-order valence-electron chi connectivity index (χ4n) is 4.76. The molecule has 0 fully saturated rings. The standard InChI is InChI=1S/C32H30F3N2O5PS/c33-32(34,35)40-28-16-7-10-25(20-28)23-37-29(30-17-9-19-44-30)21-24(11-8-18-38)22-31(37)36-43(39,41-26-12-3-1-4-13-26)42-27-14-5-2-6-15-27/h1-7,9-10,12-17,19-21,29,38H,8,11,18,22-23H2/b36-31-. The maximum Gasteiger partial charge on any atom is 0.573 e. The second kappa shape index (κ2) is 14.2. The summed E-state index contributed by atoms with van der Waals surface area (Å²) in [6.45, 7) is 0.118. The van der Waals surface area contributed by atoms with Gasteiger partial charge in [0.2, 0.25) is 0 Å². The van der Waals surface area contributed by atoms with Crippen LogP contribution < -0.4 is 13.8 Å². The second-order valence-electron chi connectivity index (χ2n) is 9.91. The van der Waals surface area contributed by atoms with Crippen LogP contribution >= 0.6 is 19.1 Å². The SMILES string of the molecule is O=P(/N=C1/CC(CCCO)=CC(c2cccs2)N1Cc1cccc(OC(F)(F)F)c1)(Oc1ccccc1)Oc1ccccc1. The smallest absolute Gasteiger partial charge is 0.406 e. The van der Waals surface area contributed by atoms with Gasteiger partial charge in [-0.05, 0) is 66.2 Å². The van der Waals surface area contributed by atoms with Gasteiger partial charge in [-0.2, -0.15) is 0 Å². The minimum absolute atomic E-state index is 0.00404. The first-order valence-electron chi connectivity index (χ1n) is 13.8. The van der Waals surface area contributed by atoms with E-state index >= 15 is 0 Å². The Labute approximate surface area is 257 Å². The number of halogens is 3. The Morgan fingerprint density at radius 1 is 0.909 bits per heavy atom. The van der Waals surface area contributed by atoms with Crippen molar-refractivity contribution in [3.63, 3.8) is 0 Å². The Morgan fingerprint density at radius 2 is 1.57 bits per heavy atom. The number of ether oxygens (including phenoxy) is 1. The van der Waals surface area contributed by atoms with Crippen LogP contribution in [0.2, 0.25) is 0 Å². The third-order valence-electron chi connectivity index (χ3n) is 6.59. The van der Waals surface area contributed by atoms with Gasteiger partial charge >= 0.3 is 14.1 Å². The molecule has 1 aliphatic rings. The lowest BCUT2D eigenvalue weighted by molar-refractivity contribution is -0.274. The summed E-state index contributed by atoms with van der Waals surface area (Å²) in [5, 5.41) is 11.5. The van der Waals surface area contributed by atoms with E-state index in [0.717, 1.165) is 10.5 Å². The van der Waals surface area contributed by atoms with E-state index in [1.165, 1.54) is 29.5 Å². The highest BCUT2D eigenvalue weighted by Gasteiger charge is 2.35. The average molecular weight is 643 g/mol.